The van der Waals surface area contributed by atoms with E-state index in [1.54, 1.807) is 0 Å². The van der Waals surface area contributed by atoms with Crippen LogP contribution in [0.3, 0.4) is 0 Å². The summed E-state index contributed by atoms with van der Waals surface area (Å²) in [6.45, 7) is 6.45. The van der Waals surface area contributed by atoms with Gasteiger partial charge in [-0.3, -0.25) is 14.4 Å². The van der Waals surface area contributed by atoms with E-state index in [0.717, 1.165) is 122 Å². The average molecular weight is 1140 g/mol. The summed E-state index contributed by atoms with van der Waals surface area (Å²) in [4.78, 5) is 38.3. The van der Waals surface area contributed by atoms with Gasteiger partial charge in [-0.05, 0) is 116 Å². The molecule has 6 heteroatoms. The Labute approximate surface area is 508 Å². The molecule has 0 radical (unpaired) electrons. The van der Waals surface area contributed by atoms with Gasteiger partial charge < -0.3 is 14.2 Å². The highest BCUT2D eigenvalue weighted by Gasteiger charge is 2.19. The van der Waals surface area contributed by atoms with Crippen molar-refractivity contribution < 1.29 is 28.6 Å². The van der Waals surface area contributed by atoms with Gasteiger partial charge in [-0.2, -0.15) is 0 Å². The third-order valence-electron chi connectivity index (χ3n) is 15.3. The number of carbonyl (C=O) groups excluding carboxylic acids is 3. The molecule has 0 aliphatic heterocycles. The van der Waals surface area contributed by atoms with E-state index >= 15 is 0 Å². The predicted octanol–water partition coefficient (Wildman–Crippen LogP) is 24.4. The van der Waals surface area contributed by atoms with Crippen LogP contribution < -0.4 is 0 Å². The van der Waals surface area contributed by atoms with Crippen molar-refractivity contribution in [1.29, 1.82) is 0 Å². The van der Waals surface area contributed by atoms with Crippen LogP contribution in [0.5, 0.6) is 0 Å². The van der Waals surface area contributed by atoms with Crippen LogP contribution in [0.1, 0.15) is 348 Å². The van der Waals surface area contributed by atoms with E-state index in [0.29, 0.717) is 19.3 Å². The van der Waals surface area contributed by atoms with Crippen molar-refractivity contribution >= 4 is 17.9 Å². The minimum atomic E-state index is -0.786. The molecule has 0 rings (SSSR count). The normalized spacial score (nSPS) is 12.7. The Balaban J connectivity index is 4.08. The molecule has 0 aromatic heterocycles. The minimum absolute atomic E-state index is 0.0817. The fraction of sp³-hybridized carbons (Fsp3) is 0.750. The van der Waals surface area contributed by atoms with Crippen molar-refractivity contribution in [1.82, 2.24) is 0 Å². The van der Waals surface area contributed by atoms with Crippen molar-refractivity contribution in [2.75, 3.05) is 13.2 Å². The largest absolute Gasteiger partial charge is 0.462 e. The summed E-state index contributed by atoms with van der Waals surface area (Å²) >= 11 is 0. The molecule has 1 unspecified atom stereocenters. The number of ether oxygens (including phenoxy) is 3. The zero-order chi connectivity index (χ0) is 59.2. The second-order valence-corrected chi connectivity index (χ2v) is 23.4. The van der Waals surface area contributed by atoms with Gasteiger partial charge in [0, 0.05) is 19.3 Å². The number of esters is 3. The first-order valence-corrected chi connectivity index (χ1v) is 35.2. The van der Waals surface area contributed by atoms with Gasteiger partial charge in [-0.1, -0.05) is 311 Å². The third kappa shape index (κ3) is 67.1. The fourth-order valence-electron chi connectivity index (χ4n) is 10.0. The standard InChI is InChI=1S/C76H132O6/c1-4-7-10-13-16-19-22-24-26-28-30-31-32-33-34-35-36-37-38-39-40-41-42-43-44-45-47-48-50-52-54-57-60-63-66-69-75(78)81-72-73(71-80-74(77)68-65-62-59-56-21-18-15-12-9-6-3)82-76(79)70-67-64-61-58-55-53-51-49-46-29-27-25-23-20-17-14-11-8-5-2/h7,10,12,15-17,19-20,24-27,30-31,46,49,73H,4-6,8-9,11,13-14,18,21-23,28-29,32-45,47-48,50-72H2,1-3H3/b10-7-,15-12-,19-16-,20-17-,26-24-,27-25-,31-30-,49-46-. The Morgan fingerprint density at radius 3 is 0.805 bits per heavy atom. The molecule has 0 bridgehead atoms. The van der Waals surface area contributed by atoms with Crippen molar-refractivity contribution in [3.63, 3.8) is 0 Å². The fourth-order valence-corrected chi connectivity index (χ4v) is 10.0. The van der Waals surface area contributed by atoms with Gasteiger partial charge in [0.1, 0.15) is 13.2 Å². The number of hydrogen-bond acceptors (Lipinski definition) is 6. The minimum Gasteiger partial charge on any atom is -0.462 e. The Bertz CT molecular complexity index is 1590. The molecule has 0 fully saturated rings. The van der Waals surface area contributed by atoms with Gasteiger partial charge in [-0.25, -0.2) is 0 Å². The zero-order valence-corrected chi connectivity index (χ0v) is 54.2. The monoisotopic (exact) mass is 1140 g/mol. The molecular weight excluding hydrogens is 1010 g/mol. The Morgan fingerprint density at radius 1 is 0.256 bits per heavy atom. The Kier molecular flexibility index (Phi) is 66.7. The second-order valence-electron chi connectivity index (χ2n) is 23.4. The lowest BCUT2D eigenvalue weighted by atomic mass is 10.0. The summed E-state index contributed by atoms with van der Waals surface area (Å²) in [6, 6.07) is 0. The summed E-state index contributed by atoms with van der Waals surface area (Å²) in [5.74, 6) is -0.891. The molecule has 0 aliphatic carbocycles. The molecule has 0 amide bonds. The number of rotatable bonds is 64. The van der Waals surface area contributed by atoms with Crippen LogP contribution in [0, 0.1) is 0 Å². The number of carbonyl (C=O) groups is 3. The summed E-state index contributed by atoms with van der Waals surface area (Å²) < 4.78 is 16.9. The summed E-state index contributed by atoms with van der Waals surface area (Å²) in [7, 11) is 0. The first kappa shape index (κ1) is 78.3. The van der Waals surface area contributed by atoms with Crippen molar-refractivity contribution in [3.05, 3.63) is 97.2 Å². The van der Waals surface area contributed by atoms with Crippen LogP contribution in [-0.4, -0.2) is 37.2 Å². The Morgan fingerprint density at radius 2 is 0.500 bits per heavy atom. The molecule has 82 heavy (non-hydrogen) atoms. The summed E-state index contributed by atoms with van der Waals surface area (Å²) in [5.41, 5.74) is 0. The molecule has 0 spiro atoms. The van der Waals surface area contributed by atoms with Crippen molar-refractivity contribution in [2.45, 2.75) is 354 Å². The lowest BCUT2D eigenvalue weighted by molar-refractivity contribution is -0.167. The van der Waals surface area contributed by atoms with Crippen LogP contribution in [0.2, 0.25) is 0 Å². The maximum atomic E-state index is 12.9. The van der Waals surface area contributed by atoms with Crippen LogP contribution >= 0.6 is 0 Å². The van der Waals surface area contributed by atoms with Crippen LogP contribution in [-0.2, 0) is 28.6 Å². The van der Waals surface area contributed by atoms with E-state index in [4.69, 9.17) is 14.2 Å². The topological polar surface area (TPSA) is 78.9 Å². The third-order valence-corrected chi connectivity index (χ3v) is 15.3. The van der Waals surface area contributed by atoms with E-state index < -0.39 is 6.10 Å². The highest BCUT2D eigenvalue weighted by Crippen LogP contribution is 2.18. The van der Waals surface area contributed by atoms with E-state index in [2.05, 4.69) is 118 Å². The second kappa shape index (κ2) is 69.8. The van der Waals surface area contributed by atoms with Crippen LogP contribution in [0.25, 0.3) is 0 Å². The SMILES string of the molecule is CC/C=C\C/C=C\C/C=C\C/C=C\CCCCCCCCCCCCCCCCCCCCCCCCC(=O)OCC(COC(=O)CCCCCCC/C=C\CCC)OC(=O)CCCCCCCC/C=C\C/C=C\C/C=C\CCCCC. The molecule has 0 N–H and O–H groups in total. The maximum absolute atomic E-state index is 12.9. The molecule has 472 valence electrons. The number of hydrogen-bond donors (Lipinski definition) is 0. The Hall–Kier alpha value is -3.67. The van der Waals surface area contributed by atoms with Crippen molar-refractivity contribution in [2.24, 2.45) is 0 Å². The van der Waals surface area contributed by atoms with E-state index in [1.807, 2.05) is 0 Å². The summed E-state index contributed by atoms with van der Waals surface area (Å²) in [6.07, 6.45) is 94.6. The molecular formula is C76H132O6. The molecule has 0 saturated heterocycles. The highest BCUT2D eigenvalue weighted by molar-refractivity contribution is 5.71. The van der Waals surface area contributed by atoms with Gasteiger partial charge >= 0.3 is 17.9 Å². The van der Waals surface area contributed by atoms with E-state index in [1.165, 1.54) is 186 Å². The zero-order valence-electron chi connectivity index (χ0n) is 54.2. The summed E-state index contributed by atoms with van der Waals surface area (Å²) in [5, 5.41) is 0. The number of allylic oxidation sites excluding steroid dienone is 16. The molecule has 0 saturated carbocycles. The predicted molar refractivity (Wildman–Crippen MR) is 357 cm³/mol. The smallest absolute Gasteiger partial charge is 0.306 e. The first-order valence-electron chi connectivity index (χ1n) is 35.2. The lowest BCUT2D eigenvalue weighted by Gasteiger charge is -2.18. The molecule has 0 aliphatic rings. The molecule has 0 heterocycles. The molecule has 0 aromatic carbocycles. The molecule has 1 atom stereocenters. The van der Waals surface area contributed by atoms with Gasteiger partial charge in [0.15, 0.2) is 6.10 Å². The average Bonchev–Trinajstić information content (AvgIpc) is 3.48. The first-order chi connectivity index (χ1) is 40.5. The van der Waals surface area contributed by atoms with E-state index in [-0.39, 0.29) is 31.1 Å². The van der Waals surface area contributed by atoms with Crippen molar-refractivity contribution in [3.8, 4) is 0 Å². The van der Waals surface area contributed by atoms with E-state index in [9.17, 15) is 14.4 Å². The van der Waals surface area contributed by atoms with Gasteiger partial charge in [0.05, 0.1) is 0 Å². The van der Waals surface area contributed by atoms with Gasteiger partial charge in [-0.15, -0.1) is 0 Å². The highest BCUT2D eigenvalue weighted by atomic mass is 16.6. The number of unbranched alkanes of at least 4 members (excludes halogenated alkanes) is 37. The molecule has 0 aromatic rings. The quantitative estimate of drug-likeness (QED) is 0.0261. The maximum Gasteiger partial charge on any atom is 0.306 e. The molecule has 6 nitrogen and oxygen atoms in total. The van der Waals surface area contributed by atoms with Gasteiger partial charge in [0.2, 0.25) is 0 Å². The lowest BCUT2D eigenvalue weighted by Crippen LogP contribution is -2.30. The van der Waals surface area contributed by atoms with Gasteiger partial charge in [0.25, 0.3) is 0 Å². The van der Waals surface area contributed by atoms with Crippen LogP contribution in [0.4, 0.5) is 0 Å². The van der Waals surface area contributed by atoms with Crippen LogP contribution in [0.15, 0.2) is 97.2 Å².